The third-order valence-electron chi connectivity index (χ3n) is 7.16. The zero-order chi connectivity index (χ0) is 23.3. The van der Waals surface area contributed by atoms with E-state index in [0.29, 0.717) is 5.75 Å². The minimum atomic E-state index is 0.503. The second-order valence-corrected chi connectivity index (χ2v) is 12.6. The number of benzene rings is 2. The van der Waals surface area contributed by atoms with E-state index in [1.54, 1.807) is 20.7 Å². The first-order chi connectivity index (χ1) is 16.7. The summed E-state index contributed by atoms with van der Waals surface area (Å²) in [6.45, 7) is 6.17. The van der Waals surface area contributed by atoms with Gasteiger partial charge in [0, 0.05) is 36.2 Å². The molecule has 0 amide bonds. The van der Waals surface area contributed by atoms with Crippen molar-refractivity contribution >= 4 is 32.9 Å². The van der Waals surface area contributed by atoms with Gasteiger partial charge in [0.1, 0.15) is 9.57 Å². The maximum atomic E-state index is 11.4. The minimum absolute atomic E-state index is 0.503. The predicted octanol–water partition coefficient (Wildman–Crippen LogP) is 7.47. The van der Waals surface area contributed by atoms with Crippen LogP contribution in [0.2, 0.25) is 0 Å². The number of hydrogen-bond acceptors (Lipinski definition) is 6. The summed E-state index contributed by atoms with van der Waals surface area (Å²) in [4.78, 5) is 6.29. The van der Waals surface area contributed by atoms with Gasteiger partial charge in [0.2, 0.25) is 0 Å². The highest BCUT2D eigenvalue weighted by Gasteiger charge is 2.21. The Labute approximate surface area is 216 Å². The molecule has 0 aliphatic carbocycles. The van der Waals surface area contributed by atoms with Gasteiger partial charge in [-0.2, -0.15) is 0 Å². The van der Waals surface area contributed by atoms with Gasteiger partial charge in [-0.15, -0.1) is 0 Å². The number of piperidine rings is 2. The molecule has 2 aliphatic heterocycles. The molecule has 3 heterocycles. The number of aromatic hydroxyl groups is 1. The first kappa shape index (κ1) is 24.1. The van der Waals surface area contributed by atoms with Gasteiger partial charge in [0.25, 0.3) is 0 Å². The molecule has 0 unspecified atom stereocenters. The maximum absolute atomic E-state index is 11.4. The molecule has 2 saturated heterocycles. The van der Waals surface area contributed by atoms with Crippen molar-refractivity contribution in [2.75, 3.05) is 26.2 Å². The monoisotopic (exact) mass is 510 g/mol. The lowest BCUT2D eigenvalue weighted by atomic mass is 9.97. The second-order valence-electron chi connectivity index (χ2n) is 9.74. The van der Waals surface area contributed by atoms with Gasteiger partial charge in [-0.05, 0) is 75.1 Å². The van der Waals surface area contributed by atoms with E-state index in [9.17, 15) is 5.11 Å². The Bertz CT molecular complexity index is 1100. The lowest BCUT2D eigenvalue weighted by Crippen LogP contribution is -2.30. The van der Waals surface area contributed by atoms with Gasteiger partial charge >= 0.3 is 0 Å². The molecule has 3 aromatic rings. The molecule has 34 heavy (non-hydrogen) atoms. The fraction of sp³-hybridized carbons (Fsp3) is 0.464. The number of rotatable bonds is 7. The molecule has 6 heteroatoms. The van der Waals surface area contributed by atoms with Gasteiger partial charge in [-0.3, -0.25) is 9.80 Å². The van der Waals surface area contributed by atoms with E-state index in [1.165, 1.54) is 60.1 Å². The molecule has 1 aromatic heterocycles. The molecule has 180 valence electrons. The highest BCUT2D eigenvalue weighted by molar-refractivity contribution is 7.80. The normalized spacial score (nSPS) is 17.8. The van der Waals surface area contributed by atoms with Crippen LogP contribution in [0.25, 0.3) is 10.4 Å². The zero-order valence-corrected chi connectivity index (χ0v) is 22.2. The third kappa shape index (κ3) is 5.80. The third-order valence-corrected chi connectivity index (χ3v) is 10.4. The number of phenols is 1. The van der Waals surface area contributed by atoms with Gasteiger partial charge in [0.15, 0.2) is 0 Å². The Hall–Kier alpha value is -1.57. The van der Waals surface area contributed by atoms with Gasteiger partial charge in [-0.1, -0.05) is 76.1 Å². The summed E-state index contributed by atoms with van der Waals surface area (Å²) in [7, 11) is 3.50. The van der Waals surface area contributed by atoms with Crippen molar-refractivity contribution in [1.82, 2.24) is 9.80 Å². The van der Waals surface area contributed by atoms with Crippen LogP contribution >= 0.6 is 32.9 Å². The van der Waals surface area contributed by atoms with E-state index >= 15 is 0 Å². The summed E-state index contributed by atoms with van der Waals surface area (Å²) in [6.07, 6.45) is 8.54. The summed E-state index contributed by atoms with van der Waals surface area (Å²) in [5.41, 5.74) is 5.92. The van der Waals surface area contributed by atoms with E-state index in [2.05, 4.69) is 52.3 Å². The fourth-order valence-electron chi connectivity index (χ4n) is 5.30. The summed E-state index contributed by atoms with van der Waals surface area (Å²) in [5, 5.41) is 11.4. The van der Waals surface area contributed by atoms with Crippen molar-refractivity contribution in [2.24, 2.45) is 0 Å². The van der Waals surface area contributed by atoms with Gasteiger partial charge in [-0.25, -0.2) is 0 Å². The van der Waals surface area contributed by atoms with Crippen LogP contribution in [0.4, 0.5) is 0 Å². The highest BCUT2D eigenvalue weighted by Crippen LogP contribution is 2.40. The molecule has 0 spiro atoms. The minimum Gasteiger partial charge on any atom is -0.507 e. The highest BCUT2D eigenvalue weighted by atomic mass is 32.9. The van der Waals surface area contributed by atoms with Crippen molar-refractivity contribution in [3.63, 3.8) is 0 Å². The van der Waals surface area contributed by atoms with Crippen LogP contribution in [0.5, 0.6) is 5.75 Å². The summed E-state index contributed by atoms with van der Waals surface area (Å²) in [5.74, 6) is 0.503. The first-order valence-corrected chi connectivity index (χ1v) is 15.2. The molecule has 1 N–H and O–H groups in total. The topological polar surface area (TPSA) is 26.7 Å². The van der Waals surface area contributed by atoms with Crippen molar-refractivity contribution in [3.05, 3.63) is 68.5 Å². The quantitative estimate of drug-likeness (QED) is 0.263. The van der Waals surface area contributed by atoms with Crippen LogP contribution in [0.3, 0.4) is 0 Å². The Morgan fingerprint density at radius 1 is 0.765 bits per heavy atom. The van der Waals surface area contributed by atoms with E-state index in [1.807, 2.05) is 0 Å². The maximum Gasteiger partial charge on any atom is 0.124 e. The second kappa shape index (κ2) is 11.4. The fourth-order valence-corrected chi connectivity index (χ4v) is 8.20. The van der Waals surface area contributed by atoms with E-state index in [4.69, 9.17) is 12.2 Å². The standard InChI is InChI=1S/C28H34N2OS3/c31-26-23(19-29-12-6-2-7-13-29)17-22(18-24(26)20-30-14-8-3-9-15-30)27-25(28(32)34-33-27)16-21-10-4-1-5-11-21/h1,4-5,10-11,17-18,31H,2-3,6-9,12-16,19-20H2. The van der Waals surface area contributed by atoms with E-state index in [0.717, 1.165) is 60.6 Å². The first-order valence-electron chi connectivity index (χ1n) is 12.6. The molecular formula is C28H34N2OS3. The molecule has 0 bridgehead atoms. The molecule has 0 saturated carbocycles. The largest absolute Gasteiger partial charge is 0.507 e. The molecule has 3 nitrogen and oxygen atoms in total. The molecule has 2 fully saturated rings. The molecule has 0 radical (unpaired) electrons. The molecule has 2 aromatic carbocycles. The number of hydrogen-bond donors (Lipinski definition) is 1. The number of nitrogens with zero attached hydrogens (tertiary/aromatic N) is 2. The van der Waals surface area contributed by atoms with Crippen molar-refractivity contribution in [1.29, 1.82) is 0 Å². The molecule has 5 rings (SSSR count). The van der Waals surface area contributed by atoms with Crippen LogP contribution in [0, 0.1) is 3.82 Å². The Morgan fingerprint density at radius 3 is 1.88 bits per heavy atom. The lowest BCUT2D eigenvalue weighted by molar-refractivity contribution is 0.213. The number of likely N-dealkylation sites (tertiary alicyclic amines) is 2. The average Bonchev–Trinajstić information content (AvgIpc) is 3.23. The predicted molar refractivity (Wildman–Crippen MR) is 148 cm³/mol. The Balaban J connectivity index is 1.51. The van der Waals surface area contributed by atoms with Crippen LogP contribution in [0.15, 0.2) is 42.5 Å². The smallest absolute Gasteiger partial charge is 0.124 e. The SMILES string of the molecule is Oc1c(CN2CCCCC2)cc(-c2ssc(=S)c2Cc2ccccc2)cc1CN1CCCCC1. The van der Waals surface area contributed by atoms with Crippen molar-refractivity contribution in [2.45, 2.75) is 58.0 Å². The van der Waals surface area contributed by atoms with Gasteiger partial charge in [0.05, 0.1) is 4.88 Å². The van der Waals surface area contributed by atoms with Crippen LogP contribution in [-0.4, -0.2) is 41.1 Å². The van der Waals surface area contributed by atoms with Crippen LogP contribution < -0.4 is 0 Å². The van der Waals surface area contributed by atoms with Crippen molar-refractivity contribution in [3.8, 4) is 16.2 Å². The summed E-state index contributed by atoms with van der Waals surface area (Å²) >= 11 is 5.79. The summed E-state index contributed by atoms with van der Waals surface area (Å²) < 4.78 is 0.993. The van der Waals surface area contributed by atoms with E-state index in [-0.39, 0.29) is 0 Å². The van der Waals surface area contributed by atoms with Gasteiger partial charge < -0.3 is 5.11 Å². The van der Waals surface area contributed by atoms with Crippen LogP contribution in [-0.2, 0) is 19.5 Å². The summed E-state index contributed by atoms with van der Waals surface area (Å²) in [6, 6.07) is 15.1. The molecular weight excluding hydrogens is 477 g/mol. The zero-order valence-electron chi connectivity index (χ0n) is 19.8. The molecule has 2 aliphatic rings. The van der Waals surface area contributed by atoms with Crippen molar-refractivity contribution < 1.29 is 5.11 Å². The Morgan fingerprint density at radius 2 is 1.32 bits per heavy atom. The lowest BCUT2D eigenvalue weighted by Gasteiger charge is -2.29. The Kier molecular flexibility index (Phi) is 8.12. The average molecular weight is 511 g/mol. The number of phenolic OH excluding ortho intramolecular Hbond substituents is 1. The molecule has 0 atom stereocenters. The van der Waals surface area contributed by atoms with Crippen LogP contribution in [0.1, 0.15) is 60.8 Å². The van der Waals surface area contributed by atoms with E-state index < -0.39 is 0 Å².